The molecule has 0 amide bonds. The van der Waals surface area contributed by atoms with Crippen molar-refractivity contribution in [1.82, 2.24) is 14.7 Å². The SMILES string of the molecule is CCOc1ccc(CN(C)Cc2cnn(-c3ccccc3)c2)cc1. The van der Waals surface area contributed by atoms with Crippen LogP contribution >= 0.6 is 0 Å². The largest absolute Gasteiger partial charge is 0.494 e. The first-order valence-electron chi connectivity index (χ1n) is 8.24. The molecule has 0 aliphatic carbocycles. The van der Waals surface area contributed by atoms with Gasteiger partial charge in [0.05, 0.1) is 18.5 Å². The Morgan fingerprint density at radius 2 is 1.67 bits per heavy atom. The Morgan fingerprint density at radius 1 is 0.958 bits per heavy atom. The maximum Gasteiger partial charge on any atom is 0.119 e. The second-order valence-corrected chi connectivity index (χ2v) is 5.88. The standard InChI is InChI=1S/C20H23N3O/c1-3-24-20-11-9-17(10-12-20)14-22(2)15-18-13-21-23(16-18)19-7-5-4-6-8-19/h4-13,16H,3,14-15H2,1-2H3. The van der Waals surface area contributed by atoms with Crippen molar-refractivity contribution in [3.63, 3.8) is 0 Å². The quantitative estimate of drug-likeness (QED) is 0.661. The third-order valence-corrected chi connectivity index (χ3v) is 3.80. The van der Waals surface area contributed by atoms with E-state index in [0.29, 0.717) is 6.61 Å². The maximum atomic E-state index is 5.48. The molecule has 3 rings (SSSR count). The molecule has 124 valence electrons. The fourth-order valence-corrected chi connectivity index (χ4v) is 2.70. The first-order valence-corrected chi connectivity index (χ1v) is 8.24. The third-order valence-electron chi connectivity index (χ3n) is 3.80. The van der Waals surface area contributed by atoms with Gasteiger partial charge in [-0.25, -0.2) is 4.68 Å². The Bertz CT molecular complexity index is 750. The maximum absolute atomic E-state index is 5.48. The van der Waals surface area contributed by atoms with Gasteiger partial charge in [0.2, 0.25) is 0 Å². The van der Waals surface area contributed by atoms with Crippen LogP contribution in [-0.2, 0) is 13.1 Å². The molecular weight excluding hydrogens is 298 g/mol. The summed E-state index contributed by atoms with van der Waals surface area (Å²) < 4.78 is 7.40. The van der Waals surface area contributed by atoms with Gasteiger partial charge in [0.25, 0.3) is 0 Å². The first-order chi connectivity index (χ1) is 11.7. The highest BCUT2D eigenvalue weighted by Gasteiger charge is 2.05. The predicted molar refractivity (Wildman–Crippen MR) is 96.3 cm³/mol. The van der Waals surface area contributed by atoms with E-state index < -0.39 is 0 Å². The van der Waals surface area contributed by atoms with E-state index in [1.807, 2.05) is 48.1 Å². The zero-order chi connectivity index (χ0) is 16.8. The van der Waals surface area contributed by atoms with Gasteiger partial charge in [0.1, 0.15) is 5.75 Å². The number of benzene rings is 2. The molecule has 0 spiro atoms. The Hall–Kier alpha value is -2.59. The van der Waals surface area contributed by atoms with Crippen LogP contribution in [0.2, 0.25) is 0 Å². The Morgan fingerprint density at radius 3 is 2.38 bits per heavy atom. The number of para-hydroxylation sites is 1. The first kappa shape index (κ1) is 16.3. The number of rotatable bonds is 7. The van der Waals surface area contributed by atoms with Crippen molar-refractivity contribution in [3.05, 3.63) is 78.1 Å². The minimum absolute atomic E-state index is 0.699. The van der Waals surface area contributed by atoms with E-state index in [2.05, 4.69) is 47.5 Å². The van der Waals surface area contributed by atoms with Gasteiger partial charge < -0.3 is 4.74 Å². The van der Waals surface area contributed by atoms with E-state index in [1.165, 1.54) is 11.1 Å². The zero-order valence-corrected chi connectivity index (χ0v) is 14.2. The van der Waals surface area contributed by atoms with E-state index >= 15 is 0 Å². The molecule has 0 unspecified atom stereocenters. The Kier molecular flexibility index (Phi) is 5.29. The molecule has 0 atom stereocenters. The Labute approximate surface area is 143 Å². The summed E-state index contributed by atoms with van der Waals surface area (Å²) in [5.41, 5.74) is 3.56. The lowest BCUT2D eigenvalue weighted by molar-refractivity contribution is 0.318. The minimum Gasteiger partial charge on any atom is -0.494 e. The molecule has 4 nitrogen and oxygen atoms in total. The summed E-state index contributed by atoms with van der Waals surface area (Å²) in [6, 6.07) is 18.5. The summed E-state index contributed by atoms with van der Waals surface area (Å²) in [5.74, 6) is 0.924. The highest BCUT2D eigenvalue weighted by molar-refractivity contribution is 5.31. The van der Waals surface area contributed by atoms with Gasteiger partial charge in [0, 0.05) is 24.8 Å². The summed E-state index contributed by atoms with van der Waals surface area (Å²) >= 11 is 0. The molecule has 0 saturated carbocycles. The highest BCUT2D eigenvalue weighted by atomic mass is 16.5. The van der Waals surface area contributed by atoms with Crippen molar-refractivity contribution >= 4 is 0 Å². The van der Waals surface area contributed by atoms with Crippen molar-refractivity contribution in [2.24, 2.45) is 0 Å². The third kappa shape index (κ3) is 4.24. The second-order valence-electron chi connectivity index (χ2n) is 5.88. The van der Waals surface area contributed by atoms with E-state index in [0.717, 1.165) is 24.5 Å². The molecule has 4 heteroatoms. The number of hydrogen-bond acceptors (Lipinski definition) is 3. The molecule has 2 aromatic carbocycles. The number of ether oxygens (including phenoxy) is 1. The molecule has 1 aromatic heterocycles. The molecule has 0 aliphatic heterocycles. The van der Waals surface area contributed by atoms with Crippen LogP contribution in [0.1, 0.15) is 18.1 Å². The zero-order valence-electron chi connectivity index (χ0n) is 14.2. The van der Waals surface area contributed by atoms with Crippen LogP contribution in [0.3, 0.4) is 0 Å². The van der Waals surface area contributed by atoms with Gasteiger partial charge in [-0.2, -0.15) is 5.10 Å². The lowest BCUT2D eigenvalue weighted by Gasteiger charge is -2.16. The van der Waals surface area contributed by atoms with E-state index in [-0.39, 0.29) is 0 Å². The molecule has 0 saturated heterocycles. The monoisotopic (exact) mass is 321 g/mol. The van der Waals surface area contributed by atoms with Gasteiger partial charge in [-0.15, -0.1) is 0 Å². The molecule has 1 heterocycles. The van der Waals surface area contributed by atoms with Crippen LogP contribution in [-0.4, -0.2) is 28.3 Å². The Balaban J connectivity index is 1.59. The predicted octanol–water partition coefficient (Wildman–Crippen LogP) is 3.90. The van der Waals surface area contributed by atoms with Gasteiger partial charge >= 0.3 is 0 Å². The van der Waals surface area contributed by atoms with Crippen molar-refractivity contribution in [2.75, 3.05) is 13.7 Å². The number of hydrogen-bond donors (Lipinski definition) is 0. The summed E-state index contributed by atoms with van der Waals surface area (Å²) in [6.07, 6.45) is 4.02. The number of aromatic nitrogens is 2. The summed E-state index contributed by atoms with van der Waals surface area (Å²) in [4.78, 5) is 2.28. The second kappa shape index (κ2) is 7.79. The normalized spacial score (nSPS) is 11.0. The average molecular weight is 321 g/mol. The van der Waals surface area contributed by atoms with Gasteiger partial charge in [-0.05, 0) is 43.8 Å². The topological polar surface area (TPSA) is 30.3 Å². The molecule has 0 fully saturated rings. The smallest absolute Gasteiger partial charge is 0.119 e. The van der Waals surface area contributed by atoms with Crippen molar-refractivity contribution in [2.45, 2.75) is 20.0 Å². The van der Waals surface area contributed by atoms with Crippen molar-refractivity contribution < 1.29 is 4.74 Å². The highest BCUT2D eigenvalue weighted by Crippen LogP contribution is 2.15. The van der Waals surface area contributed by atoms with Crippen molar-refractivity contribution in [1.29, 1.82) is 0 Å². The molecular formula is C20H23N3O. The van der Waals surface area contributed by atoms with Gasteiger partial charge in [0.15, 0.2) is 0 Å². The van der Waals surface area contributed by atoms with Crippen LogP contribution in [0.15, 0.2) is 67.0 Å². The van der Waals surface area contributed by atoms with E-state index in [9.17, 15) is 0 Å². The van der Waals surface area contributed by atoms with E-state index in [4.69, 9.17) is 4.74 Å². The minimum atomic E-state index is 0.699. The van der Waals surface area contributed by atoms with Gasteiger partial charge in [-0.1, -0.05) is 30.3 Å². The van der Waals surface area contributed by atoms with Crippen molar-refractivity contribution in [3.8, 4) is 11.4 Å². The van der Waals surface area contributed by atoms with Crippen LogP contribution in [0, 0.1) is 0 Å². The average Bonchev–Trinajstić information content (AvgIpc) is 3.06. The van der Waals surface area contributed by atoms with Gasteiger partial charge in [-0.3, -0.25) is 4.90 Å². The fraction of sp³-hybridized carbons (Fsp3) is 0.250. The van der Waals surface area contributed by atoms with Crippen LogP contribution in [0.25, 0.3) is 5.69 Å². The van der Waals surface area contributed by atoms with Crippen LogP contribution in [0.5, 0.6) is 5.75 Å². The summed E-state index contributed by atoms with van der Waals surface area (Å²) in [6.45, 7) is 4.45. The molecule has 0 aliphatic rings. The molecule has 0 bridgehead atoms. The summed E-state index contributed by atoms with van der Waals surface area (Å²) in [5, 5.41) is 4.45. The lowest BCUT2D eigenvalue weighted by Crippen LogP contribution is -2.16. The molecule has 0 radical (unpaired) electrons. The van der Waals surface area contributed by atoms with E-state index in [1.54, 1.807) is 0 Å². The molecule has 3 aromatic rings. The van der Waals surface area contributed by atoms with Crippen LogP contribution in [0.4, 0.5) is 0 Å². The number of nitrogens with zero attached hydrogens (tertiary/aromatic N) is 3. The lowest BCUT2D eigenvalue weighted by atomic mass is 10.2. The molecule has 24 heavy (non-hydrogen) atoms. The fourth-order valence-electron chi connectivity index (χ4n) is 2.70. The molecule has 0 N–H and O–H groups in total. The summed E-state index contributed by atoms with van der Waals surface area (Å²) in [7, 11) is 2.12. The van der Waals surface area contributed by atoms with Crippen LogP contribution < -0.4 is 4.74 Å².